The van der Waals surface area contributed by atoms with Crippen molar-refractivity contribution in [2.75, 3.05) is 13.1 Å². The van der Waals surface area contributed by atoms with Crippen LogP contribution in [-0.4, -0.2) is 19.3 Å². The van der Waals surface area contributed by atoms with E-state index in [4.69, 9.17) is 0 Å². The molecule has 0 radical (unpaired) electrons. The molecule has 0 bridgehead atoms. The molecule has 2 aliphatic rings. The van der Waals surface area contributed by atoms with E-state index in [0.29, 0.717) is 24.7 Å². The summed E-state index contributed by atoms with van der Waals surface area (Å²) in [7, 11) is 0. The van der Waals surface area contributed by atoms with Gasteiger partial charge in [-0.3, -0.25) is 0 Å². The highest BCUT2D eigenvalue weighted by Crippen LogP contribution is 2.43. The van der Waals surface area contributed by atoms with Gasteiger partial charge in [-0.05, 0) is 50.6 Å². The highest BCUT2D eigenvalue weighted by atomic mass is 35.5. The average Bonchev–Trinajstić information content (AvgIpc) is 2.29. The van der Waals surface area contributed by atoms with Crippen LogP contribution in [0.2, 0.25) is 0 Å². The third-order valence-corrected chi connectivity index (χ3v) is 4.23. The van der Waals surface area contributed by atoms with Crippen molar-refractivity contribution in [3.8, 4) is 0 Å². The van der Waals surface area contributed by atoms with Crippen LogP contribution >= 0.6 is 12.4 Å². The zero-order chi connectivity index (χ0) is 11.6. The predicted molar refractivity (Wildman–Crippen MR) is 64.3 cm³/mol. The van der Waals surface area contributed by atoms with E-state index in [1.54, 1.807) is 0 Å². The molecule has 1 aliphatic heterocycles. The van der Waals surface area contributed by atoms with Crippen molar-refractivity contribution >= 4 is 12.4 Å². The monoisotopic (exact) mass is 271 g/mol. The summed E-state index contributed by atoms with van der Waals surface area (Å²) in [6, 6.07) is 0. The van der Waals surface area contributed by atoms with E-state index < -0.39 is 12.1 Å². The molecule has 1 saturated heterocycles. The second-order valence-corrected chi connectivity index (χ2v) is 5.25. The van der Waals surface area contributed by atoms with Crippen LogP contribution in [0.3, 0.4) is 0 Å². The summed E-state index contributed by atoms with van der Waals surface area (Å²) < 4.78 is 38.0. The van der Waals surface area contributed by atoms with Crippen molar-refractivity contribution in [2.24, 2.45) is 17.8 Å². The van der Waals surface area contributed by atoms with E-state index in [1.165, 1.54) is 0 Å². The third kappa shape index (κ3) is 4.02. The first-order valence-electron chi connectivity index (χ1n) is 6.35. The molecule has 2 rings (SSSR count). The Labute approximate surface area is 107 Å². The van der Waals surface area contributed by atoms with Crippen LogP contribution in [0.25, 0.3) is 0 Å². The van der Waals surface area contributed by atoms with Gasteiger partial charge in [0.2, 0.25) is 0 Å². The molecule has 1 heterocycles. The fraction of sp³-hybridized carbons (Fsp3) is 1.00. The Morgan fingerprint density at radius 1 is 0.882 bits per heavy atom. The highest BCUT2D eigenvalue weighted by Gasteiger charge is 2.43. The van der Waals surface area contributed by atoms with Crippen LogP contribution < -0.4 is 5.32 Å². The van der Waals surface area contributed by atoms with Gasteiger partial charge in [0.1, 0.15) is 0 Å². The number of piperidine rings is 1. The summed E-state index contributed by atoms with van der Waals surface area (Å²) in [6.07, 6.45) is 0.672. The number of hydrogen-bond acceptors (Lipinski definition) is 1. The SMILES string of the molecule is Cl.FC(F)(F)C1CCCC(C2CCNCC2)C1. The minimum absolute atomic E-state index is 0. The maximum Gasteiger partial charge on any atom is 0.391 e. The first-order chi connectivity index (χ1) is 7.57. The lowest BCUT2D eigenvalue weighted by Crippen LogP contribution is -2.36. The fourth-order valence-electron chi connectivity index (χ4n) is 3.27. The molecular formula is C12H21ClF3N. The zero-order valence-electron chi connectivity index (χ0n) is 9.93. The van der Waals surface area contributed by atoms with Crippen molar-refractivity contribution in [3.63, 3.8) is 0 Å². The Bertz CT molecular complexity index is 226. The van der Waals surface area contributed by atoms with Crippen molar-refractivity contribution in [1.82, 2.24) is 5.32 Å². The first-order valence-corrected chi connectivity index (χ1v) is 6.35. The molecule has 0 amide bonds. The van der Waals surface area contributed by atoms with Gasteiger partial charge in [-0.25, -0.2) is 0 Å². The standard InChI is InChI=1S/C12H20F3N.ClH/c13-12(14,15)11-3-1-2-10(8-11)9-4-6-16-7-5-9;/h9-11,16H,1-8H2;1H. The van der Waals surface area contributed by atoms with E-state index in [2.05, 4.69) is 5.32 Å². The molecule has 0 aromatic rings. The lowest BCUT2D eigenvalue weighted by molar-refractivity contribution is -0.187. The molecule has 2 fully saturated rings. The number of alkyl halides is 3. The molecule has 102 valence electrons. The Morgan fingerprint density at radius 3 is 2.12 bits per heavy atom. The van der Waals surface area contributed by atoms with Crippen LogP contribution in [0.5, 0.6) is 0 Å². The summed E-state index contributed by atoms with van der Waals surface area (Å²) in [5.74, 6) is -0.171. The van der Waals surface area contributed by atoms with Crippen molar-refractivity contribution < 1.29 is 13.2 Å². The Morgan fingerprint density at radius 2 is 1.53 bits per heavy atom. The van der Waals surface area contributed by atoms with Crippen molar-refractivity contribution in [1.29, 1.82) is 0 Å². The van der Waals surface area contributed by atoms with E-state index in [9.17, 15) is 13.2 Å². The summed E-state index contributed by atoms with van der Waals surface area (Å²) in [5.41, 5.74) is 0. The number of halogens is 4. The lowest BCUT2D eigenvalue weighted by atomic mass is 9.72. The molecule has 17 heavy (non-hydrogen) atoms. The minimum Gasteiger partial charge on any atom is -0.317 e. The average molecular weight is 272 g/mol. The Hall–Kier alpha value is 0.0400. The maximum absolute atomic E-state index is 12.7. The molecule has 1 saturated carbocycles. The highest BCUT2D eigenvalue weighted by molar-refractivity contribution is 5.85. The van der Waals surface area contributed by atoms with E-state index in [-0.39, 0.29) is 12.4 Å². The van der Waals surface area contributed by atoms with Crippen LogP contribution in [0, 0.1) is 17.8 Å². The molecule has 5 heteroatoms. The van der Waals surface area contributed by atoms with Gasteiger partial charge in [-0.1, -0.05) is 12.8 Å². The van der Waals surface area contributed by atoms with Gasteiger partial charge in [0, 0.05) is 0 Å². The van der Waals surface area contributed by atoms with E-state index in [0.717, 1.165) is 38.8 Å². The van der Waals surface area contributed by atoms with Gasteiger partial charge < -0.3 is 5.32 Å². The topological polar surface area (TPSA) is 12.0 Å². The lowest BCUT2D eigenvalue weighted by Gasteiger charge is -2.37. The normalized spacial score (nSPS) is 31.9. The maximum atomic E-state index is 12.7. The zero-order valence-corrected chi connectivity index (χ0v) is 10.7. The Kier molecular flexibility index (Phi) is 5.58. The first kappa shape index (κ1) is 15.1. The van der Waals surface area contributed by atoms with Crippen LogP contribution in [0.1, 0.15) is 38.5 Å². The molecule has 2 atom stereocenters. The second-order valence-electron chi connectivity index (χ2n) is 5.25. The summed E-state index contributed by atoms with van der Waals surface area (Å²) in [6.45, 7) is 1.97. The van der Waals surface area contributed by atoms with E-state index >= 15 is 0 Å². The Balaban J connectivity index is 0.00000144. The quantitative estimate of drug-likeness (QED) is 0.765. The van der Waals surface area contributed by atoms with Crippen molar-refractivity contribution in [3.05, 3.63) is 0 Å². The summed E-state index contributed by atoms with van der Waals surface area (Å²) >= 11 is 0. The van der Waals surface area contributed by atoms with Gasteiger partial charge in [0.15, 0.2) is 0 Å². The van der Waals surface area contributed by atoms with Crippen LogP contribution in [0.15, 0.2) is 0 Å². The van der Waals surface area contributed by atoms with Crippen LogP contribution in [0.4, 0.5) is 13.2 Å². The fourth-order valence-corrected chi connectivity index (χ4v) is 3.27. The number of hydrogen-bond donors (Lipinski definition) is 1. The largest absolute Gasteiger partial charge is 0.391 e. The molecule has 2 unspecified atom stereocenters. The summed E-state index contributed by atoms with van der Waals surface area (Å²) in [5, 5.41) is 3.27. The van der Waals surface area contributed by atoms with Gasteiger partial charge in [-0.15, -0.1) is 12.4 Å². The molecule has 1 N–H and O–H groups in total. The number of rotatable bonds is 1. The summed E-state index contributed by atoms with van der Waals surface area (Å²) in [4.78, 5) is 0. The van der Waals surface area contributed by atoms with Gasteiger partial charge in [-0.2, -0.15) is 13.2 Å². The van der Waals surface area contributed by atoms with Gasteiger partial charge >= 0.3 is 6.18 Å². The smallest absolute Gasteiger partial charge is 0.317 e. The van der Waals surface area contributed by atoms with Crippen molar-refractivity contribution in [2.45, 2.75) is 44.7 Å². The van der Waals surface area contributed by atoms with Crippen LogP contribution in [-0.2, 0) is 0 Å². The van der Waals surface area contributed by atoms with Gasteiger partial charge in [0.05, 0.1) is 5.92 Å². The molecule has 1 aliphatic carbocycles. The third-order valence-electron chi connectivity index (χ3n) is 4.23. The number of nitrogens with one attached hydrogen (secondary N) is 1. The molecule has 0 aromatic heterocycles. The van der Waals surface area contributed by atoms with E-state index in [1.807, 2.05) is 0 Å². The molecular weight excluding hydrogens is 251 g/mol. The molecule has 1 nitrogen and oxygen atoms in total. The molecule has 0 spiro atoms. The minimum atomic E-state index is -3.97. The predicted octanol–water partition coefficient (Wildman–Crippen LogP) is 3.78. The van der Waals surface area contributed by atoms with Gasteiger partial charge in [0.25, 0.3) is 0 Å². The molecule has 0 aromatic carbocycles. The second kappa shape index (κ2) is 6.28.